The van der Waals surface area contributed by atoms with E-state index >= 15 is 0 Å². The van der Waals surface area contributed by atoms with E-state index in [-0.39, 0.29) is 18.5 Å². The Morgan fingerprint density at radius 1 is 1.20 bits per heavy atom. The Kier molecular flexibility index (Phi) is 3.24. The maximum absolute atomic E-state index is 12.9. The Morgan fingerprint density at radius 2 is 1.93 bits per heavy atom. The van der Waals surface area contributed by atoms with Crippen LogP contribution in [0.1, 0.15) is 37.2 Å². The van der Waals surface area contributed by atoms with Crippen LogP contribution < -0.4 is 0 Å². The molecule has 2 rings (SSSR count). The van der Waals surface area contributed by atoms with Gasteiger partial charge in [0.25, 0.3) is 0 Å². The van der Waals surface area contributed by atoms with Crippen molar-refractivity contribution in [2.24, 2.45) is 5.92 Å². The van der Waals surface area contributed by atoms with E-state index in [2.05, 4.69) is 0 Å². The molecule has 0 aliphatic heterocycles. The third-order valence-electron chi connectivity index (χ3n) is 3.44. The summed E-state index contributed by atoms with van der Waals surface area (Å²) >= 11 is 0. The fourth-order valence-corrected chi connectivity index (χ4v) is 2.60. The van der Waals surface area contributed by atoms with Gasteiger partial charge in [0.2, 0.25) is 0 Å². The molecule has 0 bridgehead atoms. The normalized spacial score (nSPS) is 26.5. The summed E-state index contributed by atoms with van der Waals surface area (Å²) in [6, 6.07) is 7.35. The highest BCUT2D eigenvalue weighted by Gasteiger charge is 2.27. The predicted molar refractivity (Wildman–Crippen MR) is 58.8 cm³/mol. The fraction of sp³-hybridized carbons (Fsp3) is 0.538. The van der Waals surface area contributed by atoms with Gasteiger partial charge in [-0.25, -0.2) is 0 Å². The van der Waals surface area contributed by atoms with E-state index in [0.29, 0.717) is 5.75 Å². The minimum absolute atomic E-state index is 0.104. The first-order valence-corrected chi connectivity index (χ1v) is 5.66. The van der Waals surface area contributed by atoms with Crippen LogP contribution in [0.15, 0.2) is 24.3 Å². The van der Waals surface area contributed by atoms with Gasteiger partial charge >= 0.3 is 0 Å². The topological polar surface area (TPSA) is 20.2 Å². The Bertz CT molecular complexity index is 324. The molecule has 1 fully saturated rings. The number of aromatic hydroxyl groups is 1. The third kappa shape index (κ3) is 2.14. The van der Waals surface area contributed by atoms with Gasteiger partial charge in [-0.15, -0.1) is 0 Å². The predicted octanol–water partition coefficient (Wildman–Crippen LogP) is 3.64. The first-order chi connectivity index (χ1) is 7.33. The molecule has 2 unspecified atom stereocenters. The Balaban J connectivity index is 2.24. The smallest absolute Gasteiger partial charge is 0.119 e. The molecule has 0 radical (unpaired) electrons. The molecule has 2 heteroatoms. The van der Waals surface area contributed by atoms with Gasteiger partial charge in [0.15, 0.2) is 0 Å². The first kappa shape index (κ1) is 10.5. The molecule has 0 saturated heterocycles. The lowest BCUT2D eigenvalue weighted by molar-refractivity contribution is 0.242. The minimum atomic E-state index is -0.265. The molecule has 2 atom stereocenters. The number of phenolic OH excluding ortho intramolecular Hbond substituents is 1. The van der Waals surface area contributed by atoms with Gasteiger partial charge in [-0.05, 0) is 36.3 Å². The number of hydrogen-bond donors (Lipinski definition) is 1. The summed E-state index contributed by atoms with van der Waals surface area (Å²) in [5.41, 5.74) is 0.930. The Morgan fingerprint density at radius 3 is 2.67 bits per heavy atom. The molecule has 1 N–H and O–H groups in total. The molecular weight excluding hydrogens is 191 g/mol. The monoisotopic (exact) mass is 208 g/mol. The Hall–Kier alpha value is -1.05. The van der Waals surface area contributed by atoms with Crippen LogP contribution in [0.25, 0.3) is 0 Å². The van der Waals surface area contributed by atoms with Crippen molar-refractivity contribution in [3.05, 3.63) is 29.8 Å². The minimum Gasteiger partial charge on any atom is -0.508 e. The van der Waals surface area contributed by atoms with Crippen LogP contribution in [0, 0.1) is 5.92 Å². The second kappa shape index (κ2) is 4.65. The van der Waals surface area contributed by atoms with Crippen molar-refractivity contribution in [1.82, 2.24) is 0 Å². The summed E-state index contributed by atoms with van der Waals surface area (Å²) in [5.74, 6) is 0.639. The zero-order chi connectivity index (χ0) is 10.7. The van der Waals surface area contributed by atoms with Gasteiger partial charge in [0.05, 0.1) is 6.67 Å². The van der Waals surface area contributed by atoms with Gasteiger partial charge in [-0.2, -0.15) is 0 Å². The highest BCUT2D eigenvalue weighted by atomic mass is 19.1. The van der Waals surface area contributed by atoms with E-state index in [1.807, 2.05) is 18.2 Å². The Labute approximate surface area is 89.9 Å². The van der Waals surface area contributed by atoms with Gasteiger partial charge in [0.1, 0.15) is 5.75 Å². The SMILES string of the molecule is Oc1ccccc1C1CCCCC1CF. The highest BCUT2D eigenvalue weighted by Crippen LogP contribution is 2.41. The lowest BCUT2D eigenvalue weighted by Crippen LogP contribution is -2.19. The lowest BCUT2D eigenvalue weighted by Gasteiger charge is -2.30. The summed E-state index contributed by atoms with van der Waals surface area (Å²) in [7, 11) is 0. The van der Waals surface area contributed by atoms with Crippen molar-refractivity contribution < 1.29 is 9.50 Å². The van der Waals surface area contributed by atoms with Crippen molar-refractivity contribution in [3.8, 4) is 5.75 Å². The molecule has 1 aromatic rings. The average Bonchev–Trinajstić information content (AvgIpc) is 2.30. The van der Waals surface area contributed by atoms with E-state index in [0.717, 1.165) is 31.2 Å². The molecule has 0 spiro atoms. The maximum Gasteiger partial charge on any atom is 0.119 e. The summed E-state index contributed by atoms with van der Waals surface area (Å²) < 4.78 is 12.9. The van der Waals surface area contributed by atoms with Crippen LogP contribution in [0.2, 0.25) is 0 Å². The van der Waals surface area contributed by atoms with Crippen molar-refractivity contribution in [2.75, 3.05) is 6.67 Å². The van der Waals surface area contributed by atoms with Crippen LogP contribution in [0.5, 0.6) is 5.75 Å². The molecule has 1 nitrogen and oxygen atoms in total. The first-order valence-electron chi connectivity index (χ1n) is 5.66. The molecule has 0 heterocycles. The molecule has 1 aliphatic rings. The average molecular weight is 208 g/mol. The maximum atomic E-state index is 12.9. The number of hydrogen-bond acceptors (Lipinski definition) is 1. The number of benzene rings is 1. The van der Waals surface area contributed by atoms with Crippen LogP contribution >= 0.6 is 0 Å². The van der Waals surface area contributed by atoms with E-state index in [4.69, 9.17) is 0 Å². The van der Waals surface area contributed by atoms with Crippen LogP contribution in [0.4, 0.5) is 4.39 Å². The molecule has 0 aromatic heterocycles. The van der Waals surface area contributed by atoms with Gasteiger partial charge in [-0.1, -0.05) is 31.0 Å². The fourth-order valence-electron chi connectivity index (χ4n) is 2.60. The van der Waals surface area contributed by atoms with E-state index in [1.165, 1.54) is 0 Å². The van der Waals surface area contributed by atoms with Crippen LogP contribution in [0.3, 0.4) is 0 Å². The number of para-hydroxylation sites is 1. The summed E-state index contributed by atoms with van der Waals surface area (Å²) in [6.07, 6.45) is 4.23. The van der Waals surface area contributed by atoms with Crippen molar-refractivity contribution in [2.45, 2.75) is 31.6 Å². The number of phenols is 1. The summed E-state index contributed by atoms with van der Waals surface area (Å²) in [5, 5.41) is 9.75. The van der Waals surface area contributed by atoms with Gasteiger partial charge in [0, 0.05) is 0 Å². The zero-order valence-electron chi connectivity index (χ0n) is 8.82. The molecule has 82 valence electrons. The molecule has 0 amide bonds. The van der Waals surface area contributed by atoms with Crippen molar-refractivity contribution in [1.29, 1.82) is 0 Å². The second-order valence-corrected chi connectivity index (χ2v) is 4.36. The van der Waals surface area contributed by atoms with Crippen LogP contribution in [-0.2, 0) is 0 Å². The zero-order valence-corrected chi connectivity index (χ0v) is 8.82. The molecular formula is C13H17FO. The molecule has 1 aromatic carbocycles. The van der Waals surface area contributed by atoms with E-state index in [1.54, 1.807) is 6.07 Å². The second-order valence-electron chi connectivity index (χ2n) is 4.36. The third-order valence-corrected chi connectivity index (χ3v) is 3.44. The molecule has 1 saturated carbocycles. The number of alkyl halides is 1. The van der Waals surface area contributed by atoms with Crippen molar-refractivity contribution in [3.63, 3.8) is 0 Å². The number of halogens is 1. The van der Waals surface area contributed by atoms with Gasteiger partial charge < -0.3 is 5.11 Å². The number of rotatable bonds is 2. The largest absolute Gasteiger partial charge is 0.508 e. The summed E-state index contributed by atoms with van der Waals surface area (Å²) in [6.45, 7) is -0.265. The standard InChI is InChI=1S/C13H17FO/c14-9-10-5-1-2-6-11(10)12-7-3-4-8-13(12)15/h3-4,7-8,10-11,15H,1-2,5-6,9H2. The quantitative estimate of drug-likeness (QED) is 0.786. The van der Waals surface area contributed by atoms with Crippen molar-refractivity contribution >= 4 is 0 Å². The molecule has 15 heavy (non-hydrogen) atoms. The van der Waals surface area contributed by atoms with E-state index in [9.17, 15) is 9.50 Å². The lowest BCUT2D eigenvalue weighted by atomic mass is 9.76. The molecule has 1 aliphatic carbocycles. The van der Waals surface area contributed by atoms with Crippen LogP contribution in [-0.4, -0.2) is 11.8 Å². The van der Waals surface area contributed by atoms with Gasteiger partial charge in [-0.3, -0.25) is 4.39 Å². The highest BCUT2D eigenvalue weighted by molar-refractivity contribution is 5.35. The van der Waals surface area contributed by atoms with E-state index < -0.39 is 0 Å². The summed E-state index contributed by atoms with van der Waals surface area (Å²) in [4.78, 5) is 0.